The van der Waals surface area contributed by atoms with E-state index >= 15 is 0 Å². The van der Waals surface area contributed by atoms with Crippen LogP contribution in [-0.4, -0.2) is 111 Å². The zero-order valence-electron chi connectivity index (χ0n) is 11.7. The van der Waals surface area contributed by atoms with Gasteiger partial charge in [-0.05, 0) is 0 Å². The van der Waals surface area contributed by atoms with Crippen LogP contribution >= 0.6 is 0 Å². The summed E-state index contributed by atoms with van der Waals surface area (Å²) >= 11 is 0. The van der Waals surface area contributed by atoms with E-state index in [0.29, 0.717) is 0 Å². The average molecular weight is 326 g/mol. The predicted octanol–water partition coefficient (Wildman–Crippen LogP) is -4.72. The summed E-state index contributed by atoms with van der Waals surface area (Å²) in [6, 6.07) is 0. The van der Waals surface area contributed by atoms with Gasteiger partial charge in [-0.2, -0.15) is 0 Å². The molecule has 7 N–H and O–H groups in total. The van der Waals surface area contributed by atoms with Crippen LogP contribution in [0, 0.1) is 0 Å². The van der Waals surface area contributed by atoms with Gasteiger partial charge in [0.25, 0.3) is 0 Å². The van der Waals surface area contributed by atoms with Gasteiger partial charge in [0, 0.05) is 0 Å². The van der Waals surface area contributed by atoms with E-state index in [1.165, 1.54) is 0 Å². The SMILES string of the molecule is OC[C@H]1O[C@H](OC[C@H]2OC[C@H](O)[C@@H](O)[C@@H]2O)[C@H](O)[C@@H](O)[C@@H]1O. The topological polar surface area (TPSA) is 169 Å². The first-order chi connectivity index (χ1) is 10.4. The molecule has 0 amide bonds. The Balaban J connectivity index is 1.90. The van der Waals surface area contributed by atoms with Gasteiger partial charge in [-0.1, -0.05) is 0 Å². The molecule has 0 aromatic heterocycles. The Morgan fingerprint density at radius 3 is 2.09 bits per heavy atom. The van der Waals surface area contributed by atoms with Gasteiger partial charge in [0.2, 0.25) is 0 Å². The van der Waals surface area contributed by atoms with Gasteiger partial charge in [0.1, 0.15) is 48.8 Å². The molecular formula is C12H22O10. The van der Waals surface area contributed by atoms with Crippen LogP contribution in [0.1, 0.15) is 0 Å². The molecule has 130 valence electrons. The number of hydrogen-bond acceptors (Lipinski definition) is 10. The van der Waals surface area contributed by atoms with E-state index in [1.54, 1.807) is 0 Å². The maximum atomic E-state index is 9.78. The normalized spacial score (nSPS) is 50.0. The summed E-state index contributed by atoms with van der Waals surface area (Å²) in [4.78, 5) is 0. The van der Waals surface area contributed by atoms with Crippen molar-refractivity contribution in [2.45, 2.75) is 55.1 Å². The maximum absolute atomic E-state index is 9.78. The lowest BCUT2D eigenvalue weighted by atomic mass is 9.99. The van der Waals surface area contributed by atoms with Crippen molar-refractivity contribution in [3.63, 3.8) is 0 Å². The molecule has 9 atom stereocenters. The van der Waals surface area contributed by atoms with E-state index in [2.05, 4.69) is 0 Å². The fourth-order valence-electron chi connectivity index (χ4n) is 2.41. The van der Waals surface area contributed by atoms with E-state index in [9.17, 15) is 30.6 Å². The van der Waals surface area contributed by atoms with Crippen LogP contribution in [0.15, 0.2) is 0 Å². The third-order valence-electron chi connectivity index (χ3n) is 3.88. The minimum absolute atomic E-state index is 0.194. The standard InChI is InChI=1S/C12H22O10/c13-1-5-8(16)10(18)11(19)12(22-5)21-3-6-9(17)7(15)4(14)2-20-6/h4-19H,1-3H2/t4-,5+,6+,7+,8+,9+,10-,11+,12-/m0/s1. The van der Waals surface area contributed by atoms with Gasteiger partial charge < -0.3 is 50.0 Å². The molecule has 22 heavy (non-hydrogen) atoms. The first-order valence-electron chi connectivity index (χ1n) is 6.94. The Hall–Kier alpha value is -0.400. The fraction of sp³-hybridized carbons (Fsp3) is 1.00. The van der Waals surface area contributed by atoms with Crippen molar-refractivity contribution in [2.75, 3.05) is 19.8 Å². The third-order valence-corrected chi connectivity index (χ3v) is 3.88. The quantitative estimate of drug-likeness (QED) is 0.266. The highest BCUT2D eigenvalue weighted by atomic mass is 16.7. The van der Waals surface area contributed by atoms with Gasteiger partial charge in [-0.25, -0.2) is 0 Å². The highest BCUT2D eigenvalue weighted by Gasteiger charge is 2.45. The molecule has 0 aromatic rings. The molecule has 2 aliphatic heterocycles. The minimum atomic E-state index is -1.57. The van der Waals surface area contributed by atoms with Crippen LogP contribution < -0.4 is 0 Å². The molecule has 2 aliphatic rings. The van der Waals surface area contributed by atoms with Crippen LogP contribution in [0.4, 0.5) is 0 Å². The van der Waals surface area contributed by atoms with E-state index in [-0.39, 0.29) is 13.2 Å². The van der Waals surface area contributed by atoms with Gasteiger partial charge in [-0.15, -0.1) is 0 Å². The van der Waals surface area contributed by atoms with Gasteiger partial charge in [0.05, 0.1) is 19.8 Å². The maximum Gasteiger partial charge on any atom is 0.186 e. The smallest absolute Gasteiger partial charge is 0.186 e. The number of hydrogen-bond donors (Lipinski definition) is 7. The molecule has 10 heteroatoms. The van der Waals surface area contributed by atoms with Crippen LogP contribution in [0.5, 0.6) is 0 Å². The summed E-state index contributed by atoms with van der Waals surface area (Å²) in [5, 5.41) is 66.7. The van der Waals surface area contributed by atoms with E-state index in [1.807, 2.05) is 0 Å². The monoisotopic (exact) mass is 326 g/mol. The Morgan fingerprint density at radius 1 is 0.818 bits per heavy atom. The van der Waals surface area contributed by atoms with Crippen LogP contribution in [-0.2, 0) is 14.2 Å². The summed E-state index contributed by atoms with van der Waals surface area (Å²) in [6.45, 7) is -1.08. The molecule has 2 saturated heterocycles. The third kappa shape index (κ3) is 3.57. The zero-order valence-corrected chi connectivity index (χ0v) is 11.7. The molecule has 2 rings (SSSR count). The first kappa shape index (κ1) is 17.9. The van der Waals surface area contributed by atoms with Crippen LogP contribution in [0.25, 0.3) is 0 Å². The van der Waals surface area contributed by atoms with E-state index in [4.69, 9.17) is 19.3 Å². The number of ether oxygens (including phenoxy) is 3. The second-order valence-corrected chi connectivity index (χ2v) is 5.45. The molecule has 2 heterocycles. The second kappa shape index (κ2) is 7.45. The fourth-order valence-corrected chi connectivity index (χ4v) is 2.41. The van der Waals surface area contributed by atoms with Gasteiger partial charge in [-0.3, -0.25) is 0 Å². The van der Waals surface area contributed by atoms with Crippen molar-refractivity contribution in [1.29, 1.82) is 0 Å². The second-order valence-electron chi connectivity index (χ2n) is 5.45. The molecule has 0 radical (unpaired) electrons. The van der Waals surface area contributed by atoms with E-state index in [0.717, 1.165) is 0 Å². The van der Waals surface area contributed by atoms with Crippen molar-refractivity contribution < 1.29 is 50.0 Å². The summed E-state index contributed by atoms with van der Waals surface area (Å²) < 4.78 is 15.4. The highest BCUT2D eigenvalue weighted by molar-refractivity contribution is 4.90. The highest BCUT2D eigenvalue weighted by Crippen LogP contribution is 2.23. The first-order valence-corrected chi connectivity index (χ1v) is 6.94. The van der Waals surface area contributed by atoms with Crippen LogP contribution in [0.3, 0.4) is 0 Å². The number of aliphatic hydroxyl groups is 7. The van der Waals surface area contributed by atoms with Crippen molar-refractivity contribution >= 4 is 0 Å². The number of rotatable bonds is 4. The molecule has 0 saturated carbocycles. The van der Waals surface area contributed by atoms with Crippen LogP contribution in [0.2, 0.25) is 0 Å². The van der Waals surface area contributed by atoms with Crippen molar-refractivity contribution in [3.8, 4) is 0 Å². The summed E-state index contributed by atoms with van der Waals surface area (Å²) in [5.41, 5.74) is 0. The Bertz CT molecular complexity index is 353. The van der Waals surface area contributed by atoms with Crippen molar-refractivity contribution in [2.24, 2.45) is 0 Å². The summed E-state index contributed by atoms with van der Waals surface area (Å²) in [7, 11) is 0. The van der Waals surface area contributed by atoms with Crippen molar-refractivity contribution in [3.05, 3.63) is 0 Å². The lowest BCUT2D eigenvalue weighted by molar-refractivity contribution is -0.310. The molecule has 0 spiro atoms. The molecule has 0 unspecified atom stereocenters. The molecule has 0 bridgehead atoms. The summed E-state index contributed by atoms with van der Waals surface area (Å²) in [5.74, 6) is 0. The van der Waals surface area contributed by atoms with Gasteiger partial charge >= 0.3 is 0 Å². The average Bonchev–Trinajstić information content (AvgIpc) is 2.51. The summed E-state index contributed by atoms with van der Waals surface area (Å²) in [6.07, 6.45) is -12.0. The van der Waals surface area contributed by atoms with E-state index < -0.39 is 61.7 Å². The minimum Gasteiger partial charge on any atom is -0.394 e. The molecule has 0 aromatic carbocycles. The Kier molecular flexibility index (Phi) is 6.07. The zero-order chi connectivity index (χ0) is 16.4. The number of aliphatic hydroxyl groups excluding tert-OH is 7. The molecule has 10 nitrogen and oxygen atoms in total. The lowest BCUT2D eigenvalue weighted by Crippen LogP contribution is -2.60. The Labute approximate surface area is 126 Å². The molecule has 0 aliphatic carbocycles. The molecule has 2 fully saturated rings. The molecular weight excluding hydrogens is 304 g/mol. The lowest BCUT2D eigenvalue weighted by Gasteiger charge is -2.41. The van der Waals surface area contributed by atoms with Gasteiger partial charge in [0.15, 0.2) is 6.29 Å². The van der Waals surface area contributed by atoms with Crippen molar-refractivity contribution in [1.82, 2.24) is 0 Å². The largest absolute Gasteiger partial charge is 0.394 e. The predicted molar refractivity (Wildman–Crippen MR) is 67.5 cm³/mol. The Morgan fingerprint density at radius 2 is 1.45 bits per heavy atom.